The highest BCUT2D eigenvalue weighted by Crippen LogP contribution is 2.23. The summed E-state index contributed by atoms with van der Waals surface area (Å²) in [6, 6.07) is 8.06. The van der Waals surface area contributed by atoms with Gasteiger partial charge in [-0.15, -0.1) is 12.4 Å². The predicted molar refractivity (Wildman–Crippen MR) is 83.5 cm³/mol. The van der Waals surface area contributed by atoms with E-state index in [-0.39, 0.29) is 30.3 Å². The van der Waals surface area contributed by atoms with E-state index in [4.69, 9.17) is 0 Å². The van der Waals surface area contributed by atoms with Gasteiger partial charge in [0.25, 0.3) is 0 Å². The number of halogens is 2. The van der Waals surface area contributed by atoms with Crippen LogP contribution in [0.5, 0.6) is 0 Å². The van der Waals surface area contributed by atoms with E-state index in [1.165, 1.54) is 0 Å². The molecule has 1 heterocycles. The molecule has 1 aromatic rings. The first-order valence-corrected chi connectivity index (χ1v) is 7.23. The number of hydrogen-bond acceptors (Lipinski definition) is 2. The third kappa shape index (κ3) is 4.48. The number of benzene rings is 1. The van der Waals surface area contributed by atoms with Crippen LogP contribution in [0.25, 0.3) is 0 Å². The van der Waals surface area contributed by atoms with E-state index in [0.29, 0.717) is 0 Å². The molecule has 0 radical (unpaired) electrons. The second-order valence-corrected chi connectivity index (χ2v) is 5.63. The molecular formula is C14H20BrClN2O. The van der Waals surface area contributed by atoms with Gasteiger partial charge in [0.2, 0.25) is 5.91 Å². The molecular weight excluding hydrogens is 328 g/mol. The van der Waals surface area contributed by atoms with Crippen molar-refractivity contribution in [3.8, 4) is 0 Å². The normalized spacial score (nSPS) is 17.4. The van der Waals surface area contributed by atoms with Gasteiger partial charge in [-0.25, -0.2) is 0 Å². The molecule has 5 heteroatoms. The molecule has 106 valence electrons. The maximum absolute atomic E-state index is 12.1. The fraction of sp³-hybridized carbons (Fsp3) is 0.500. The van der Waals surface area contributed by atoms with E-state index in [1.807, 2.05) is 31.2 Å². The second-order valence-electron chi connectivity index (χ2n) is 4.78. The molecule has 0 bridgehead atoms. The Morgan fingerprint density at radius 2 is 2.00 bits per heavy atom. The third-order valence-corrected chi connectivity index (χ3v) is 4.16. The fourth-order valence-electron chi connectivity index (χ4n) is 2.32. The highest BCUT2D eigenvalue weighted by atomic mass is 79.9. The van der Waals surface area contributed by atoms with Gasteiger partial charge in [-0.1, -0.05) is 34.1 Å². The average Bonchev–Trinajstić information content (AvgIpc) is 2.40. The number of rotatable bonds is 3. The Morgan fingerprint density at radius 1 is 1.37 bits per heavy atom. The SMILES string of the molecule is CC(NC(=O)C1CCNCC1)c1ccccc1Br.Cl. The summed E-state index contributed by atoms with van der Waals surface area (Å²) >= 11 is 3.52. The molecule has 1 aromatic carbocycles. The van der Waals surface area contributed by atoms with E-state index in [9.17, 15) is 4.79 Å². The van der Waals surface area contributed by atoms with Gasteiger partial charge < -0.3 is 10.6 Å². The molecule has 1 amide bonds. The van der Waals surface area contributed by atoms with E-state index < -0.39 is 0 Å². The Bertz CT molecular complexity index is 422. The number of nitrogens with one attached hydrogen (secondary N) is 2. The minimum absolute atomic E-state index is 0. The Morgan fingerprint density at radius 3 is 2.63 bits per heavy atom. The molecule has 1 saturated heterocycles. The van der Waals surface area contributed by atoms with Crippen molar-refractivity contribution >= 4 is 34.2 Å². The van der Waals surface area contributed by atoms with Crippen molar-refractivity contribution in [3.05, 3.63) is 34.3 Å². The lowest BCUT2D eigenvalue weighted by Gasteiger charge is -2.24. The van der Waals surface area contributed by atoms with Crippen molar-refractivity contribution in [3.63, 3.8) is 0 Å². The first-order chi connectivity index (χ1) is 8.68. The summed E-state index contributed by atoms with van der Waals surface area (Å²) in [4.78, 5) is 12.1. The molecule has 3 nitrogen and oxygen atoms in total. The molecule has 1 aliphatic rings. The van der Waals surface area contributed by atoms with Gasteiger partial charge in [0.1, 0.15) is 0 Å². The van der Waals surface area contributed by atoms with Crippen molar-refractivity contribution in [2.75, 3.05) is 13.1 Å². The van der Waals surface area contributed by atoms with Crippen molar-refractivity contribution in [2.24, 2.45) is 5.92 Å². The summed E-state index contributed by atoms with van der Waals surface area (Å²) in [5.41, 5.74) is 1.12. The zero-order valence-corrected chi connectivity index (χ0v) is 13.4. The monoisotopic (exact) mass is 346 g/mol. The maximum Gasteiger partial charge on any atom is 0.223 e. The molecule has 2 rings (SSSR count). The third-order valence-electron chi connectivity index (χ3n) is 3.44. The number of carbonyl (C=O) groups excluding carboxylic acids is 1. The Hall–Kier alpha value is -0.580. The fourth-order valence-corrected chi connectivity index (χ4v) is 2.95. The van der Waals surface area contributed by atoms with Crippen LogP contribution in [0.3, 0.4) is 0 Å². The van der Waals surface area contributed by atoms with E-state index in [2.05, 4.69) is 26.6 Å². The topological polar surface area (TPSA) is 41.1 Å². The van der Waals surface area contributed by atoms with Crippen LogP contribution in [0, 0.1) is 5.92 Å². The Kier molecular flexibility index (Phi) is 6.83. The number of piperidine rings is 1. The first kappa shape index (κ1) is 16.5. The number of hydrogen-bond donors (Lipinski definition) is 2. The quantitative estimate of drug-likeness (QED) is 0.882. The van der Waals surface area contributed by atoms with Crippen LogP contribution in [-0.2, 0) is 4.79 Å². The summed E-state index contributed by atoms with van der Waals surface area (Å²) in [7, 11) is 0. The van der Waals surface area contributed by atoms with Crippen LogP contribution < -0.4 is 10.6 Å². The highest BCUT2D eigenvalue weighted by Gasteiger charge is 2.22. The molecule has 0 spiro atoms. The van der Waals surface area contributed by atoms with Crippen LogP contribution >= 0.6 is 28.3 Å². The average molecular weight is 348 g/mol. The summed E-state index contributed by atoms with van der Waals surface area (Å²) < 4.78 is 1.04. The molecule has 1 fully saturated rings. The van der Waals surface area contributed by atoms with E-state index in [1.54, 1.807) is 0 Å². The first-order valence-electron chi connectivity index (χ1n) is 6.44. The summed E-state index contributed by atoms with van der Waals surface area (Å²) in [6.45, 7) is 3.92. The van der Waals surface area contributed by atoms with Crippen molar-refractivity contribution in [2.45, 2.75) is 25.8 Å². The molecule has 1 aliphatic heterocycles. The zero-order chi connectivity index (χ0) is 13.0. The van der Waals surface area contributed by atoms with Gasteiger partial charge in [-0.3, -0.25) is 4.79 Å². The minimum Gasteiger partial charge on any atom is -0.349 e. The van der Waals surface area contributed by atoms with Crippen molar-refractivity contribution in [1.29, 1.82) is 0 Å². The molecule has 0 saturated carbocycles. The van der Waals surface area contributed by atoms with Crippen LogP contribution in [0.1, 0.15) is 31.4 Å². The number of carbonyl (C=O) groups is 1. The number of amides is 1. The predicted octanol–water partition coefficient (Wildman–Crippen LogP) is 3.05. The highest BCUT2D eigenvalue weighted by molar-refractivity contribution is 9.10. The Balaban J connectivity index is 0.00000180. The van der Waals surface area contributed by atoms with E-state index >= 15 is 0 Å². The lowest BCUT2D eigenvalue weighted by molar-refractivity contribution is -0.126. The largest absolute Gasteiger partial charge is 0.349 e. The molecule has 2 N–H and O–H groups in total. The molecule has 1 atom stereocenters. The Labute approximate surface area is 129 Å². The van der Waals surface area contributed by atoms with Crippen molar-refractivity contribution < 1.29 is 4.79 Å². The molecule has 0 aromatic heterocycles. The molecule has 0 aliphatic carbocycles. The lowest BCUT2D eigenvalue weighted by Crippen LogP contribution is -2.39. The van der Waals surface area contributed by atoms with Gasteiger partial charge in [-0.2, -0.15) is 0 Å². The van der Waals surface area contributed by atoms with Crippen LogP contribution in [0.4, 0.5) is 0 Å². The van der Waals surface area contributed by atoms with Gasteiger partial charge in [0, 0.05) is 10.4 Å². The van der Waals surface area contributed by atoms with Gasteiger partial charge in [0.15, 0.2) is 0 Å². The lowest BCUT2D eigenvalue weighted by atomic mass is 9.96. The maximum atomic E-state index is 12.1. The summed E-state index contributed by atoms with van der Waals surface area (Å²) in [5, 5.41) is 6.39. The van der Waals surface area contributed by atoms with E-state index in [0.717, 1.165) is 36.0 Å². The summed E-state index contributed by atoms with van der Waals surface area (Å²) in [5.74, 6) is 0.343. The minimum atomic E-state index is 0. The smallest absolute Gasteiger partial charge is 0.223 e. The van der Waals surface area contributed by atoms with Crippen molar-refractivity contribution in [1.82, 2.24) is 10.6 Å². The second kappa shape index (κ2) is 7.88. The van der Waals surface area contributed by atoms with Gasteiger partial charge in [-0.05, 0) is 44.5 Å². The van der Waals surface area contributed by atoms with Crippen LogP contribution in [0.15, 0.2) is 28.7 Å². The summed E-state index contributed by atoms with van der Waals surface area (Å²) in [6.07, 6.45) is 1.88. The molecule has 1 unspecified atom stereocenters. The zero-order valence-electron chi connectivity index (χ0n) is 11.0. The van der Waals surface area contributed by atoms with Crippen LogP contribution in [0.2, 0.25) is 0 Å². The standard InChI is InChI=1S/C14H19BrN2O.ClH/c1-10(12-4-2-3-5-13(12)15)17-14(18)11-6-8-16-9-7-11;/h2-5,10-11,16H,6-9H2,1H3,(H,17,18);1H. The molecule has 19 heavy (non-hydrogen) atoms. The van der Waals surface area contributed by atoms with Gasteiger partial charge >= 0.3 is 0 Å². The van der Waals surface area contributed by atoms with Gasteiger partial charge in [0.05, 0.1) is 6.04 Å². The van der Waals surface area contributed by atoms with Crippen LogP contribution in [-0.4, -0.2) is 19.0 Å².